The van der Waals surface area contributed by atoms with Crippen molar-refractivity contribution in [3.05, 3.63) is 0 Å². The van der Waals surface area contributed by atoms with E-state index < -0.39 is 0 Å². The molecule has 1 saturated carbocycles. The number of carbonyl (C=O) groups is 1. The molecule has 4 heteroatoms. The molecule has 2 aliphatic rings. The van der Waals surface area contributed by atoms with Crippen molar-refractivity contribution in [1.29, 1.82) is 0 Å². The molecule has 2 rings (SSSR count). The average molecular weight is 281 g/mol. The maximum Gasteiger partial charge on any atom is 0.236 e. The number of hydrogen-bond acceptors (Lipinski definition) is 3. The van der Waals surface area contributed by atoms with Crippen molar-refractivity contribution < 1.29 is 4.79 Å². The van der Waals surface area contributed by atoms with E-state index in [2.05, 4.69) is 31.0 Å². The highest BCUT2D eigenvalue weighted by atomic mass is 16.1. The first kappa shape index (κ1) is 15.8. The Bertz CT molecular complexity index is 337. The largest absolute Gasteiger partial charge is 0.368 e. The van der Waals surface area contributed by atoms with E-state index in [-0.39, 0.29) is 11.9 Å². The molecular weight excluding hydrogens is 250 g/mol. The second-order valence-electron chi connectivity index (χ2n) is 7.59. The number of nitrogens with one attached hydrogen (secondary N) is 1. The molecule has 0 aromatic rings. The molecule has 4 nitrogen and oxygen atoms in total. The molecule has 3 N–H and O–H groups in total. The van der Waals surface area contributed by atoms with Crippen LogP contribution in [0, 0.1) is 11.3 Å². The van der Waals surface area contributed by atoms with Crippen molar-refractivity contribution in [2.75, 3.05) is 19.6 Å². The van der Waals surface area contributed by atoms with Gasteiger partial charge in [-0.15, -0.1) is 0 Å². The summed E-state index contributed by atoms with van der Waals surface area (Å²) in [4.78, 5) is 14.0. The fourth-order valence-electron chi connectivity index (χ4n) is 3.90. The molecule has 3 unspecified atom stereocenters. The van der Waals surface area contributed by atoms with E-state index in [1.807, 2.05) is 0 Å². The number of nitrogens with two attached hydrogens (primary N) is 1. The predicted octanol–water partition coefficient (Wildman–Crippen LogP) is 1.74. The fraction of sp³-hybridized carbons (Fsp3) is 0.938. The minimum absolute atomic E-state index is 0.111. The quantitative estimate of drug-likeness (QED) is 0.758. The van der Waals surface area contributed by atoms with Gasteiger partial charge < -0.3 is 11.1 Å². The predicted molar refractivity (Wildman–Crippen MR) is 82.4 cm³/mol. The molecule has 20 heavy (non-hydrogen) atoms. The number of nitrogens with zero attached hydrogens (tertiary/aromatic N) is 1. The van der Waals surface area contributed by atoms with Crippen LogP contribution in [0.15, 0.2) is 0 Å². The summed E-state index contributed by atoms with van der Waals surface area (Å²) in [5.41, 5.74) is 5.98. The lowest BCUT2D eigenvalue weighted by atomic mass is 9.76. The summed E-state index contributed by atoms with van der Waals surface area (Å²) in [6, 6.07) is 0.432. The van der Waals surface area contributed by atoms with Gasteiger partial charge in [0.1, 0.15) is 6.04 Å². The number of amides is 1. The fourth-order valence-corrected chi connectivity index (χ4v) is 3.90. The molecule has 1 saturated heterocycles. The Labute approximate surface area is 123 Å². The molecule has 2 fully saturated rings. The first-order valence-corrected chi connectivity index (χ1v) is 8.15. The van der Waals surface area contributed by atoms with Gasteiger partial charge in [0.25, 0.3) is 0 Å². The van der Waals surface area contributed by atoms with E-state index in [9.17, 15) is 4.79 Å². The molecule has 1 heterocycles. The Morgan fingerprint density at radius 1 is 1.20 bits per heavy atom. The van der Waals surface area contributed by atoms with Gasteiger partial charge >= 0.3 is 0 Å². The lowest BCUT2D eigenvalue weighted by molar-refractivity contribution is -0.125. The number of piperazine rings is 1. The number of hydrogen-bond donors (Lipinski definition) is 2. The molecule has 116 valence electrons. The van der Waals surface area contributed by atoms with Crippen LogP contribution in [0.4, 0.5) is 0 Å². The zero-order chi connectivity index (χ0) is 14.8. The van der Waals surface area contributed by atoms with Crippen molar-refractivity contribution in [2.24, 2.45) is 17.1 Å². The van der Waals surface area contributed by atoms with Crippen molar-refractivity contribution >= 4 is 5.91 Å². The van der Waals surface area contributed by atoms with Crippen LogP contribution < -0.4 is 11.1 Å². The number of carbonyl (C=O) groups excluding carboxylic acids is 1. The highest BCUT2D eigenvalue weighted by molar-refractivity contribution is 5.80. The van der Waals surface area contributed by atoms with Crippen LogP contribution in [0.1, 0.15) is 52.9 Å². The Balaban J connectivity index is 2.00. The second kappa shape index (κ2) is 6.44. The van der Waals surface area contributed by atoms with Gasteiger partial charge in [-0.05, 0) is 37.0 Å². The summed E-state index contributed by atoms with van der Waals surface area (Å²) in [5, 5.41) is 3.29. The zero-order valence-corrected chi connectivity index (χ0v) is 13.3. The third-order valence-corrected chi connectivity index (χ3v) is 5.25. The first-order valence-electron chi connectivity index (χ1n) is 8.15. The van der Waals surface area contributed by atoms with Gasteiger partial charge in [0.15, 0.2) is 0 Å². The summed E-state index contributed by atoms with van der Waals surface area (Å²) >= 11 is 0. The molecule has 0 spiro atoms. The summed E-state index contributed by atoms with van der Waals surface area (Å²) in [6.45, 7) is 9.72. The second-order valence-corrected chi connectivity index (χ2v) is 7.59. The van der Waals surface area contributed by atoms with Crippen LogP contribution in [0.5, 0.6) is 0 Å². The normalized spacial score (nSPS) is 33.6. The van der Waals surface area contributed by atoms with Gasteiger partial charge in [-0.1, -0.05) is 27.2 Å². The van der Waals surface area contributed by atoms with Gasteiger partial charge in [0.05, 0.1) is 0 Å². The lowest BCUT2D eigenvalue weighted by Crippen LogP contribution is -2.59. The van der Waals surface area contributed by atoms with Crippen LogP contribution >= 0.6 is 0 Å². The van der Waals surface area contributed by atoms with Crippen molar-refractivity contribution in [2.45, 2.75) is 65.0 Å². The monoisotopic (exact) mass is 281 g/mol. The van der Waals surface area contributed by atoms with E-state index in [0.717, 1.165) is 19.0 Å². The third-order valence-electron chi connectivity index (χ3n) is 5.25. The Morgan fingerprint density at radius 3 is 2.60 bits per heavy atom. The maximum absolute atomic E-state index is 11.7. The molecule has 1 amide bonds. The average Bonchev–Trinajstić information content (AvgIpc) is 2.63. The van der Waals surface area contributed by atoms with Gasteiger partial charge in [-0.25, -0.2) is 0 Å². The maximum atomic E-state index is 11.7. The Hall–Kier alpha value is -0.610. The van der Waals surface area contributed by atoms with Crippen LogP contribution in [-0.2, 0) is 4.79 Å². The van der Waals surface area contributed by atoms with Gasteiger partial charge in [-0.2, -0.15) is 0 Å². The van der Waals surface area contributed by atoms with Crippen LogP contribution in [0.3, 0.4) is 0 Å². The minimum Gasteiger partial charge on any atom is -0.368 e. The third kappa shape index (κ3) is 3.73. The molecule has 0 aromatic heterocycles. The van der Waals surface area contributed by atoms with Crippen LogP contribution in [0.2, 0.25) is 0 Å². The molecule has 0 aromatic carbocycles. The summed E-state index contributed by atoms with van der Waals surface area (Å²) < 4.78 is 0. The summed E-state index contributed by atoms with van der Waals surface area (Å²) in [7, 11) is 0. The molecule has 0 bridgehead atoms. The molecule has 1 aliphatic heterocycles. The van der Waals surface area contributed by atoms with Crippen LogP contribution in [0.25, 0.3) is 0 Å². The number of primary amides is 1. The zero-order valence-electron chi connectivity index (χ0n) is 13.3. The molecule has 1 aliphatic carbocycles. The van der Waals surface area contributed by atoms with Crippen molar-refractivity contribution in [1.82, 2.24) is 10.2 Å². The smallest absolute Gasteiger partial charge is 0.236 e. The Morgan fingerprint density at radius 2 is 1.95 bits per heavy atom. The first-order chi connectivity index (χ1) is 9.39. The standard InChI is InChI=1S/C16H31N3O/c1-16(2,3)12-5-4-6-13(8-7-12)19-10-9-18-11-14(19)15(17)20/h12-14,18H,4-11H2,1-3H3,(H2,17,20). The van der Waals surface area contributed by atoms with Crippen LogP contribution in [-0.4, -0.2) is 42.5 Å². The molecular formula is C16H31N3O. The van der Waals surface area contributed by atoms with E-state index in [0.29, 0.717) is 18.0 Å². The van der Waals surface area contributed by atoms with Gasteiger partial charge in [-0.3, -0.25) is 9.69 Å². The van der Waals surface area contributed by atoms with E-state index in [1.54, 1.807) is 0 Å². The summed E-state index contributed by atoms with van der Waals surface area (Å²) in [5.74, 6) is 0.635. The lowest BCUT2D eigenvalue weighted by Gasteiger charge is -2.40. The van der Waals surface area contributed by atoms with Gasteiger partial charge in [0.2, 0.25) is 5.91 Å². The highest BCUT2D eigenvalue weighted by Crippen LogP contribution is 2.38. The van der Waals surface area contributed by atoms with E-state index in [4.69, 9.17) is 5.73 Å². The topological polar surface area (TPSA) is 58.4 Å². The SMILES string of the molecule is CC(C)(C)C1CCCC(N2CCNCC2C(N)=O)CC1. The number of rotatable bonds is 2. The molecule has 0 radical (unpaired) electrons. The summed E-state index contributed by atoms with van der Waals surface area (Å²) in [6.07, 6.45) is 6.32. The molecule has 3 atom stereocenters. The highest BCUT2D eigenvalue weighted by Gasteiger charge is 2.35. The van der Waals surface area contributed by atoms with E-state index in [1.165, 1.54) is 32.1 Å². The minimum atomic E-state index is -0.172. The van der Waals surface area contributed by atoms with E-state index >= 15 is 0 Å². The van der Waals surface area contributed by atoms with Crippen molar-refractivity contribution in [3.63, 3.8) is 0 Å². The van der Waals surface area contributed by atoms with Gasteiger partial charge in [0, 0.05) is 25.7 Å². The van der Waals surface area contributed by atoms with Crippen molar-refractivity contribution in [3.8, 4) is 0 Å². The Kier molecular flexibility index (Phi) is 5.08.